The van der Waals surface area contributed by atoms with Gasteiger partial charge in [0.1, 0.15) is 6.04 Å². The average Bonchev–Trinajstić information content (AvgIpc) is 2.79. The lowest BCUT2D eigenvalue weighted by Gasteiger charge is -2.31. The van der Waals surface area contributed by atoms with Crippen LogP contribution in [0.1, 0.15) is 50.2 Å². The van der Waals surface area contributed by atoms with Crippen LogP contribution in [-0.2, 0) is 21.9 Å². The maximum absolute atomic E-state index is 13.3. The van der Waals surface area contributed by atoms with Crippen molar-refractivity contribution in [1.29, 1.82) is 0 Å². The van der Waals surface area contributed by atoms with Crippen LogP contribution < -0.4 is 5.32 Å². The fourth-order valence-electron chi connectivity index (χ4n) is 3.95. The Kier molecular flexibility index (Phi) is 10.2. The minimum atomic E-state index is -0.613. The number of nitrogens with one attached hydrogen (secondary N) is 1. The van der Waals surface area contributed by atoms with Crippen molar-refractivity contribution in [3.8, 4) is 0 Å². The molecule has 1 aliphatic carbocycles. The van der Waals surface area contributed by atoms with Crippen LogP contribution in [0.2, 0.25) is 15.1 Å². The van der Waals surface area contributed by atoms with Crippen LogP contribution in [0.3, 0.4) is 0 Å². The molecule has 1 fully saturated rings. The lowest BCUT2D eigenvalue weighted by molar-refractivity contribution is -0.139. The van der Waals surface area contributed by atoms with Crippen molar-refractivity contribution in [3.63, 3.8) is 0 Å². The van der Waals surface area contributed by atoms with Crippen LogP contribution in [0, 0.1) is 0 Å². The molecule has 0 saturated heterocycles. The summed E-state index contributed by atoms with van der Waals surface area (Å²) in [6.45, 7) is 2.02. The van der Waals surface area contributed by atoms with E-state index in [1.807, 2.05) is 24.3 Å². The van der Waals surface area contributed by atoms with Crippen molar-refractivity contribution >= 4 is 58.4 Å². The van der Waals surface area contributed by atoms with Gasteiger partial charge < -0.3 is 10.2 Å². The smallest absolute Gasteiger partial charge is 0.242 e. The van der Waals surface area contributed by atoms with E-state index in [-0.39, 0.29) is 30.2 Å². The SMILES string of the molecule is C[C@H](C(=O)NC1CCCCC1)N(Cc1ccc(Cl)cc1Cl)C(=O)CSCc1cccc(Cl)c1. The number of carbonyl (C=O) groups is 2. The normalized spacial score (nSPS) is 15.2. The fourth-order valence-corrected chi connectivity index (χ4v) is 5.49. The Labute approximate surface area is 215 Å². The molecule has 8 heteroatoms. The van der Waals surface area contributed by atoms with E-state index in [0.717, 1.165) is 36.8 Å². The Morgan fingerprint density at radius 1 is 1.06 bits per heavy atom. The maximum Gasteiger partial charge on any atom is 0.242 e. The standard InChI is InChI=1S/C25H29Cl3N2O2S/c1-17(25(32)29-22-8-3-2-4-9-22)30(14-19-10-11-21(27)13-23(19)28)24(31)16-33-15-18-6-5-7-20(26)12-18/h5-7,10-13,17,22H,2-4,8-9,14-16H2,1H3,(H,29,32)/t17-/m1/s1. The predicted octanol–water partition coefficient (Wildman–Crippen LogP) is 6.75. The summed E-state index contributed by atoms with van der Waals surface area (Å²) in [6, 6.07) is 12.4. The quantitative estimate of drug-likeness (QED) is 0.392. The zero-order chi connectivity index (χ0) is 23.8. The van der Waals surface area contributed by atoms with Gasteiger partial charge in [0.2, 0.25) is 11.8 Å². The first-order chi connectivity index (χ1) is 15.8. The highest BCUT2D eigenvalue weighted by molar-refractivity contribution is 7.99. The van der Waals surface area contributed by atoms with E-state index in [0.29, 0.717) is 20.8 Å². The lowest BCUT2D eigenvalue weighted by atomic mass is 9.95. The summed E-state index contributed by atoms with van der Waals surface area (Å²) < 4.78 is 0. The minimum absolute atomic E-state index is 0.112. The first kappa shape index (κ1) is 26.2. The van der Waals surface area contributed by atoms with Gasteiger partial charge in [-0.2, -0.15) is 0 Å². The molecule has 0 spiro atoms. The molecule has 1 saturated carbocycles. The summed E-state index contributed by atoms with van der Waals surface area (Å²) >= 11 is 20.0. The highest BCUT2D eigenvalue weighted by Gasteiger charge is 2.28. The molecule has 0 aromatic heterocycles. The third-order valence-corrected chi connectivity index (χ3v) is 7.67. The Bertz CT molecular complexity index is 966. The van der Waals surface area contributed by atoms with E-state index < -0.39 is 6.04 Å². The summed E-state index contributed by atoms with van der Waals surface area (Å²) in [7, 11) is 0. The molecule has 0 heterocycles. The van der Waals surface area contributed by atoms with Crippen LogP contribution >= 0.6 is 46.6 Å². The molecule has 3 rings (SSSR count). The number of benzene rings is 2. The zero-order valence-electron chi connectivity index (χ0n) is 18.7. The molecule has 1 N–H and O–H groups in total. The summed E-state index contributed by atoms with van der Waals surface area (Å²) in [5.41, 5.74) is 1.81. The molecule has 2 aromatic carbocycles. The van der Waals surface area contributed by atoms with E-state index in [1.54, 1.807) is 30.0 Å². The van der Waals surface area contributed by atoms with Crippen LogP contribution in [0.4, 0.5) is 0 Å². The molecular formula is C25H29Cl3N2O2S. The summed E-state index contributed by atoms with van der Waals surface area (Å²) in [4.78, 5) is 27.9. The van der Waals surface area contributed by atoms with Gasteiger partial charge >= 0.3 is 0 Å². The second kappa shape index (κ2) is 12.9. The van der Waals surface area contributed by atoms with Crippen LogP contribution in [0.25, 0.3) is 0 Å². The van der Waals surface area contributed by atoms with E-state index >= 15 is 0 Å². The molecule has 4 nitrogen and oxygen atoms in total. The number of thioether (sulfide) groups is 1. The topological polar surface area (TPSA) is 49.4 Å². The average molecular weight is 528 g/mol. The molecule has 0 bridgehead atoms. The number of rotatable bonds is 9. The third-order valence-electron chi connectivity index (χ3n) is 5.86. The van der Waals surface area contributed by atoms with E-state index in [4.69, 9.17) is 34.8 Å². The van der Waals surface area contributed by atoms with E-state index in [2.05, 4.69) is 5.32 Å². The van der Waals surface area contributed by atoms with Gasteiger partial charge in [-0.1, -0.05) is 72.3 Å². The summed E-state index contributed by atoms with van der Waals surface area (Å²) in [5, 5.41) is 4.82. The van der Waals surface area contributed by atoms with Gasteiger partial charge in [0.15, 0.2) is 0 Å². The Balaban J connectivity index is 1.68. The Morgan fingerprint density at radius 3 is 2.48 bits per heavy atom. The summed E-state index contributed by atoms with van der Waals surface area (Å²) in [5.74, 6) is 0.669. The molecule has 1 atom stereocenters. The largest absolute Gasteiger partial charge is 0.352 e. The molecule has 178 valence electrons. The highest BCUT2D eigenvalue weighted by atomic mass is 35.5. The van der Waals surface area contributed by atoms with Crippen molar-refractivity contribution < 1.29 is 9.59 Å². The van der Waals surface area contributed by atoms with Gasteiger partial charge in [-0.05, 0) is 55.2 Å². The number of amides is 2. The van der Waals surface area contributed by atoms with Gasteiger partial charge in [0, 0.05) is 33.4 Å². The van der Waals surface area contributed by atoms with Gasteiger partial charge in [-0.3, -0.25) is 9.59 Å². The molecule has 0 radical (unpaired) electrons. The number of carbonyl (C=O) groups excluding carboxylic acids is 2. The fraction of sp³-hybridized carbons (Fsp3) is 0.440. The lowest BCUT2D eigenvalue weighted by Crippen LogP contribution is -2.50. The number of hydrogen-bond acceptors (Lipinski definition) is 3. The molecular weight excluding hydrogens is 499 g/mol. The van der Waals surface area contributed by atoms with Gasteiger partial charge in [-0.25, -0.2) is 0 Å². The summed E-state index contributed by atoms with van der Waals surface area (Å²) in [6.07, 6.45) is 5.45. The van der Waals surface area contributed by atoms with Crippen LogP contribution in [0.15, 0.2) is 42.5 Å². The predicted molar refractivity (Wildman–Crippen MR) is 139 cm³/mol. The number of halogens is 3. The van der Waals surface area contributed by atoms with Gasteiger partial charge in [0.25, 0.3) is 0 Å². The molecule has 2 aromatic rings. The van der Waals surface area contributed by atoms with Crippen molar-refractivity contribution in [1.82, 2.24) is 10.2 Å². The van der Waals surface area contributed by atoms with Crippen molar-refractivity contribution in [2.24, 2.45) is 0 Å². The number of hydrogen-bond donors (Lipinski definition) is 1. The molecule has 1 aliphatic rings. The number of nitrogens with zero attached hydrogens (tertiary/aromatic N) is 1. The van der Waals surface area contributed by atoms with Crippen LogP contribution in [0.5, 0.6) is 0 Å². The highest BCUT2D eigenvalue weighted by Crippen LogP contribution is 2.25. The van der Waals surface area contributed by atoms with Crippen LogP contribution in [-0.4, -0.2) is 34.6 Å². The van der Waals surface area contributed by atoms with Crippen molar-refractivity contribution in [2.75, 3.05) is 5.75 Å². The monoisotopic (exact) mass is 526 g/mol. The van der Waals surface area contributed by atoms with Crippen molar-refractivity contribution in [3.05, 3.63) is 68.7 Å². The molecule has 33 heavy (non-hydrogen) atoms. The molecule has 2 amide bonds. The zero-order valence-corrected chi connectivity index (χ0v) is 21.7. The van der Waals surface area contributed by atoms with E-state index in [1.165, 1.54) is 18.2 Å². The first-order valence-electron chi connectivity index (χ1n) is 11.2. The minimum Gasteiger partial charge on any atom is -0.352 e. The molecule has 0 unspecified atom stereocenters. The second-order valence-electron chi connectivity index (χ2n) is 8.40. The second-order valence-corrected chi connectivity index (χ2v) is 10.7. The van der Waals surface area contributed by atoms with Gasteiger partial charge in [-0.15, -0.1) is 11.8 Å². The van der Waals surface area contributed by atoms with E-state index in [9.17, 15) is 9.59 Å². The Morgan fingerprint density at radius 2 is 1.79 bits per heavy atom. The Hall–Kier alpha value is -1.40. The van der Waals surface area contributed by atoms with Crippen molar-refractivity contribution in [2.45, 2.75) is 63.4 Å². The first-order valence-corrected chi connectivity index (χ1v) is 13.5. The molecule has 0 aliphatic heterocycles. The third kappa shape index (κ3) is 8.10. The van der Waals surface area contributed by atoms with Gasteiger partial charge in [0.05, 0.1) is 5.75 Å². The maximum atomic E-state index is 13.3.